The van der Waals surface area contributed by atoms with Gasteiger partial charge in [-0.05, 0) is 18.6 Å². The zero-order chi connectivity index (χ0) is 15.0. The Morgan fingerprint density at radius 3 is 2.57 bits per heavy atom. The summed E-state index contributed by atoms with van der Waals surface area (Å²) in [5.74, 6) is -1.16. The van der Waals surface area contributed by atoms with E-state index in [1.54, 1.807) is 18.2 Å². The monoisotopic (exact) mass is 286 g/mol. The fraction of sp³-hybridized carbons (Fsp3) is 0.267. The van der Waals surface area contributed by atoms with Gasteiger partial charge in [0.1, 0.15) is 0 Å². The van der Waals surface area contributed by atoms with E-state index in [1.807, 2.05) is 17.0 Å². The van der Waals surface area contributed by atoms with Gasteiger partial charge in [0.05, 0.1) is 16.2 Å². The number of carboxylic acids is 1. The predicted molar refractivity (Wildman–Crippen MR) is 78.6 cm³/mol. The third-order valence-electron chi connectivity index (χ3n) is 3.95. The molecule has 0 aliphatic carbocycles. The van der Waals surface area contributed by atoms with Crippen molar-refractivity contribution in [1.82, 2.24) is 0 Å². The number of anilines is 1. The number of fused-ring (bicyclic) bond motifs is 1. The van der Waals surface area contributed by atoms with Crippen molar-refractivity contribution in [1.29, 1.82) is 0 Å². The largest absolute Gasteiger partial charge is 0.481 e. The molecule has 0 unspecified atom stereocenters. The summed E-state index contributed by atoms with van der Waals surface area (Å²) in [6.07, 6.45) is 0.598. The smallest absolute Gasteiger partial charge is 0.308 e. The van der Waals surface area contributed by atoms with Crippen LogP contribution in [0, 0.1) is 16.0 Å². The van der Waals surface area contributed by atoms with Crippen LogP contribution in [0.1, 0.15) is 6.42 Å². The summed E-state index contributed by atoms with van der Waals surface area (Å²) in [7, 11) is 0. The minimum absolute atomic E-state index is 0.0725. The highest BCUT2D eigenvalue weighted by Crippen LogP contribution is 2.35. The molecule has 0 amide bonds. The minimum atomic E-state index is -0.788. The second-order valence-corrected chi connectivity index (χ2v) is 5.18. The van der Waals surface area contributed by atoms with E-state index < -0.39 is 10.9 Å². The van der Waals surface area contributed by atoms with Crippen LogP contribution in [-0.4, -0.2) is 29.1 Å². The number of carboxylic acid groups (broad SMARTS) is 1. The summed E-state index contributed by atoms with van der Waals surface area (Å²) in [6, 6.07) is 10.4. The summed E-state index contributed by atoms with van der Waals surface area (Å²) in [6.45, 7) is 1.09. The lowest BCUT2D eigenvalue weighted by Gasteiger charge is -2.20. The van der Waals surface area contributed by atoms with Crippen molar-refractivity contribution < 1.29 is 14.8 Å². The molecule has 1 N–H and O–H groups in total. The van der Waals surface area contributed by atoms with Crippen molar-refractivity contribution in [3.63, 3.8) is 0 Å². The lowest BCUT2D eigenvalue weighted by molar-refractivity contribution is -0.383. The van der Waals surface area contributed by atoms with Crippen LogP contribution in [0.5, 0.6) is 0 Å². The SMILES string of the molecule is O=C(O)[C@H]1CCN(c2ccc([N+](=O)[O-])c3ccccc23)C1. The molecule has 1 aliphatic rings. The van der Waals surface area contributed by atoms with Gasteiger partial charge in [-0.25, -0.2) is 0 Å². The number of nitro groups is 1. The van der Waals surface area contributed by atoms with Crippen LogP contribution in [0.15, 0.2) is 36.4 Å². The molecule has 108 valence electrons. The molecule has 1 heterocycles. The Hall–Kier alpha value is -2.63. The average molecular weight is 286 g/mol. The Balaban J connectivity index is 2.07. The highest BCUT2D eigenvalue weighted by Gasteiger charge is 2.29. The molecular weight excluding hydrogens is 272 g/mol. The third kappa shape index (κ3) is 2.29. The van der Waals surface area contributed by atoms with Gasteiger partial charge in [-0.15, -0.1) is 0 Å². The Bertz CT molecular complexity index is 729. The molecule has 0 saturated carbocycles. The first-order valence-corrected chi connectivity index (χ1v) is 6.72. The zero-order valence-corrected chi connectivity index (χ0v) is 11.2. The van der Waals surface area contributed by atoms with Crippen molar-refractivity contribution in [2.24, 2.45) is 5.92 Å². The molecule has 6 heteroatoms. The van der Waals surface area contributed by atoms with E-state index in [9.17, 15) is 14.9 Å². The van der Waals surface area contributed by atoms with Crippen LogP contribution in [0.25, 0.3) is 10.8 Å². The van der Waals surface area contributed by atoms with Crippen molar-refractivity contribution >= 4 is 28.1 Å². The van der Waals surface area contributed by atoms with Crippen molar-refractivity contribution in [3.05, 3.63) is 46.5 Å². The normalized spacial score (nSPS) is 18.1. The van der Waals surface area contributed by atoms with Crippen LogP contribution in [-0.2, 0) is 4.79 Å². The fourth-order valence-corrected chi connectivity index (χ4v) is 2.88. The predicted octanol–water partition coefficient (Wildman–Crippen LogP) is 2.66. The van der Waals surface area contributed by atoms with Gasteiger partial charge in [0.15, 0.2) is 0 Å². The van der Waals surface area contributed by atoms with E-state index in [4.69, 9.17) is 5.11 Å². The topological polar surface area (TPSA) is 83.7 Å². The summed E-state index contributed by atoms with van der Waals surface area (Å²) >= 11 is 0. The van der Waals surface area contributed by atoms with Gasteiger partial charge in [0.25, 0.3) is 5.69 Å². The van der Waals surface area contributed by atoms with E-state index in [0.717, 1.165) is 11.1 Å². The Morgan fingerprint density at radius 2 is 1.95 bits per heavy atom. The van der Waals surface area contributed by atoms with Gasteiger partial charge >= 0.3 is 5.97 Å². The molecule has 0 aromatic heterocycles. The molecule has 2 aromatic rings. The molecule has 1 atom stereocenters. The lowest BCUT2D eigenvalue weighted by Crippen LogP contribution is -2.22. The number of benzene rings is 2. The zero-order valence-electron chi connectivity index (χ0n) is 11.2. The number of non-ortho nitro benzene ring substituents is 1. The summed E-state index contributed by atoms with van der Waals surface area (Å²) in [5.41, 5.74) is 0.934. The first-order valence-electron chi connectivity index (χ1n) is 6.72. The second-order valence-electron chi connectivity index (χ2n) is 5.18. The molecular formula is C15H14N2O4. The number of rotatable bonds is 3. The van der Waals surface area contributed by atoms with Gasteiger partial charge < -0.3 is 10.0 Å². The molecule has 6 nitrogen and oxygen atoms in total. The maximum Gasteiger partial charge on any atom is 0.308 e. The minimum Gasteiger partial charge on any atom is -0.481 e. The van der Waals surface area contributed by atoms with E-state index >= 15 is 0 Å². The maximum absolute atomic E-state index is 11.1. The van der Waals surface area contributed by atoms with E-state index in [2.05, 4.69) is 0 Å². The summed E-state index contributed by atoms with van der Waals surface area (Å²) in [5, 5.41) is 21.6. The van der Waals surface area contributed by atoms with E-state index in [1.165, 1.54) is 6.07 Å². The van der Waals surface area contributed by atoms with Gasteiger partial charge in [-0.1, -0.05) is 18.2 Å². The van der Waals surface area contributed by atoms with Crippen LogP contribution >= 0.6 is 0 Å². The van der Waals surface area contributed by atoms with Crippen molar-refractivity contribution in [2.45, 2.75) is 6.42 Å². The van der Waals surface area contributed by atoms with Gasteiger partial charge in [-0.2, -0.15) is 0 Å². The van der Waals surface area contributed by atoms with Crippen molar-refractivity contribution in [2.75, 3.05) is 18.0 Å². The van der Waals surface area contributed by atoms with Gasteiger partial charge in [0, 0.05) is 30.2 Å². The van der Waals surface area contributed by atoms with E-state index in [0.29, 0.717) is 24.9 Å². The summed E-state index contributed by atoms with van der Waals surface area (Å²) in [4.78, 5) is 23.8. The molecule has 0 spiro atoms. The Morgan fingerprint density at radius 1 is 1.24 bits per heavy atom. The molecule has 1 fully saturated rings. The van der Waals surface area contributed by atoms with Crippen LogP contribution in [0.4, 0.5) is 11.4 Å². The average Bonchev–Trinajstić information content (AvgIpc) is 2.95. The number of hydrogen-bond donors (Lipinski definition) is 1. The second kappa shape index (κ2) is 5.05. The molecule has 3 rings (SSSR count). The number of nitro benzene ring substituents is 1. The molecule has 21 heavy (non-hydrogen) atoms. The van der Waals surface area contributed by atoms with Gasteiger partial charge in [-0.3, -0.25) is 14.9 Å². The molecule has 0 bridgehead atoms. The number of nitrogens with zero attached hydrogens (tertiary/aromatic N) is 2. The van der Waals surface area contributed by atoms with E-state index in [-0.39, 0.29) is 11.6 Å². The van der Waals surface area contributed by atoms with Crippen LogP contribution in [0.3, 0.4) is 0 Å². The molecule has 0 radical (unpaired) electrons. The highest BCUT2D eigenvalue weighted by atomic mass is 16.6. The number of hydrogen-bond acceptors (Lipinski definition) is 4. The first kappa shape index (κ1) is 13.4. The lowest BCUT2D eigenvalue weighted by atomic mass is 10.1. The first-order chi connectivity index (χ1) is 10.1. The third-order valence-corrected chi connectivity index (χ3v) is 3.95. The fourth-order valence-electron chi connectivity index (χ4n) is 2.88. The van der Waals surface area contributed by atoms with Crippen LogP contribution < -0.4 is 4.90 Å². The Labute approximate surface area is 120 Å². The molecule has 1 aliphatic heterocycles. The summed E-state index contributed by atoms with van der Waals surface area (Å²) < 4.78 is 0. The highest BCUT2D eigenvalue weighted by molar-refractivity contribution is 6.00. The number of aliphatic carboxylic acids is 1. The van der Waals surface area contributed by atoms with Crippen LogP contribution in [0.2, 0.25) is 0 Å². The molecule has 2 aromatic carbocycles. The Kier molecular flexibility index (Phi) is 3.21. The molecule has 1 saturated heterocycles. The quantitative estimate of drug-likeness (QED) is 0.692. The van der Waals surface area contributed by atoms with Gasteiger partial charge in [0.2, 0.25) is 0 Å². The maximum atomic E-state index is 11.1. The standard InChI is InChI=1S/C15H14N2O4/c18-15(19)10-7-8-16(9-10)13-5-6-14(17(20)21)12-4-2-1-3-11(12)13/h1-6,10H,7-9H2,(H,18,19)/t10-/m0/s1. The number of carbonyl (C=O) groups is 1. The van der Waals surface area contributed by atoms with Crippen molar-refractivity contribution in [3.8, 4) is 0 Å².